The van der Waals surface area contributed by atoms with Crippen LogP contribution in [0.1, 0.15) is 52.4 Å². The number of rotatable bonds is 9. The molecule has 0 aliphatic carbocycles. The van der Waals surface area contributed by atoms with E-state index in [1.807, 2.05) is 6.92 Å². The Balaban J connectivity index is 3.03. The standard InChI is InChI=1S/C11H25NO/c1-3-5-6-7-8-9-11(12)10-13-4-2/h11H,3-10,12H2,1-2H3. The average molecular weight is 187 g/mol. The molecule has 0 saturated heterocycles. The Morgan fingerprint density at radius 1 is 1.08 bits per heavy atom. The molecule has 1 atom stereocenters. The van der Waals surface area contributed by atoms with Crippen LogP contribution >= 0.6 is 0 Å². The summed E-state index contributed by atoms with van der Waals surface area (Å²) in [5, 5.41) is 0. The zero-order chi connectivity index (χ0) is 9.94. The minimum Gasteiger partial charge on any atom is -0.380 e. The van der Waals surface area contributed by atoms with Gasteiger partial charge in [-0.05, 0) is 13.3 Å². The van der Waals surface area contributed by atoms with Gasteiger partial charge in [0, 0.05) is 12.6 Å². The van der Waals surface area contributed by atoms with Crippen LogP contribution in [0.2, 0.25) is 0 Å². The van der Waals surface area contributed by atoms with Crippen molar-refractivity contribution < 1.29 is 4.74 Å². The first kappa shape index (κ1) is 12.9. The lowest BCUT2D eigenvalue weighted by Gasteiger charge is -2.10. The largest absolute Gasteiger partial charge is 0.380 e. The maximum Gasteiger partial charge on any atom is 0.0617 e. The summed E-state index contributed by atoms with van der Waals surface area (Å²) in [6.07, 6.45) is 7.73. The van der Waals surface area contributed by atoms with Crippen molar-refractivity contribution in [2.24, 2.45) is 5.73 Å². The van der Waals surface area contributed by atoms with Crippen LogP contribution in [0.3, 0.4) is 0 Å². The second-order valence-corrected chi connectivity index (χ2v) is 3.62. The number of hydrogen-bond acceptors (Lipinski definition) is 2. The number of hydrogen-bond donors (Lipinski definition) is 1. The summed E-state index contributed by atoms with van der Waals surface area (Å²) < 4.78 is 5.25. The average Bonchev–Trinajstić information content (AvgIpc) is 2.14. The molecule has 13 heavy (non-hydrogen) atoms. The molecule has 2 heteroatoms. The number of unbranched alkanes of at least 4 members (excludes halogenated alkanes) is 4. The van der Waals surface area contributed by atoms with Gasteiger partial charge in [-0.25, -0.2) is 0 Å². The highest BCUT2D eigenvalue weighted by Crippen LogP contribution is 2.06. The van der Waals surface area contributed by atoms with E-state index < -0.39 is 0 Å². The van der Waals surface area contributed by atoms with Gasteiger partial charge in [0.05, 0.1) is 6.61 Å². The quantitative estimate of drug-likeness (QED) is 0.563. The Morgan fingerprint density at radius 2 is 1.77 bits per heavy atom. The number of nitrogens with two attached hydrogens (primary N) is 1. The second-order valence-electron chi connectivity index (χ2n) is 3.62. The molecule has 0 heterocycles. The van der Waals surface area contributed by atoms with Crippen LogP contribution in [0.4, 0.5) is 0 Å². The Hall–Kier alpha value is -0.0800. The molecule has 0 aliphatic rings. The topological polar surface area (TPSA) is 35.2 Å². The van der Waals surface area contributed by atoms with Gasteiger partial charge in [0.1, 0.15) is 0 Å². The normalized spacial score (nSPS) is 13.2. The van der Waals surface area contributed by atoms with E-state index in [1.54, 1.807) is 0 Å². The van der Waals surface area contributed by atoms with Gasteiger partial charge in [-0.3, -0.25) is 0 Å². The summed E-state index contributed by atoms with van der Waals surface area (Å²) in [6, 6.07) is 0.251. The minimum absolute atomic E-state index is 0.251. The van der Waals surface area contributed by atoms with Crippen LogP contribution in [-0.2, 0) is 4.74 Å². The van der Waals surface area contributed by atoms with E-state index in [-0.39, 0.29) is 6.04 Å². The third-order valence-corrected chi connectivity index (χ3v) is 2.21. The van der Waals surface area contributed by atoms with Crippen LogP contribution in [0, 0.1) is 0 Å². The molecule has 1 unspecified atom stereocenters. The fourth-order valence-corrected chi connectivity index (χ4v) is 1.36. The Labute approximate surface area is 82.8 Å². The van der Waals surface area contributed by atoms with Crippen molar-refractivity contribution in [2.45, 2.75) is 58.4 Å². The molecule has 0 amide bonds. The van der Waals surface area contributed by atoms with E-state index in [2.05, 4.69) is 6.92 Å². The van der Waals surface area contributed by atoms with Gasteiger partial charge in [-0.15, -0.1) is 0 Å². The van der Waals surface area contributed by atoms with Crippen LogP contribution in [-0.4, -0.2) is 19.3 Å². The molecule has 0 rings (SSSR count). The van der Waals surface area contributed by atoms with Crippen molar-refractivity contribution in [1.29, 1.82) is 0 Å². The predicted octanol–water partition coefficient (Wildman–Crippen LogP) is 2.71. The Bertz CT molecular complexity index is 96.1. The molecule has 0 aromatic rings. The molecule has 0 fully saturated rings. The van der Waals surface area contributed by atoms with Gasteiger partial charge >= 0.3 is 0 Å². The van der Waals surface area contributed by atoms with Gasteiger partial charge in [-0.2, -0.15) is 0 Å². The van der Waals surface area contributed by atoms with Gasteiger partial charge in [-0.1, -0.05) is 39.0 Å². The zero-order valence-electron chi connectivity index (χ0n) is 9.22. The van der Waals surface area contributed by atoms with Crippen molar-refractivity contribution in [3.63, 3.8) is 0 Å². The van der Waals surface area contributed by atoms with Crippen LogP contribution in [0.15, 0.2) is 0 Å². The summed E-state index contributed by atoms with van der Waals surface area (Å²) >= 11 is 0. The van der Waals surface area contributed by atoms with E-state index in [9.17, 15) is 0 Å². The molecule has 2 N–H and O–H groups in total. The summed E-state index contributed by atoms with van der Waals surface area (Å²) in [5.74, 6) is 0. The summed E-state index contributed by atoms with van der Waals surface area (Å²) in [5.41, 5.74) is 5.85. The fraction of sp³-hybridized carbons (Fsp3) is 1.00. The highest BCUT2D eigenvalue weighted by Gasteiger charge is 2.00. The third-order valence-electron chi connectivity index (χ3n) is 2.21. The molecule has 0 aromatic carbocycles. The van der Waals surface area contributed by atoms with Crippen LogP contribution < -0.4 is 5.73 Å². The van der Waals surface area contributed by atoms with Crippen molar-refractivity contribution in [3.8, 4) is 0 Å². The van der Waals surface area contributed by atoms with E-state index >= 15 is 0 Å². The number of ether oxygens (including phenoxy) is 1. The maximum absolute atomic E-state index is 5.85. The summed E-state index contributed by atoms with van der Waals surface area (Å²) in [7, 11) is 0. The van der Waals surface area contributed by atoms with E-state index in [0.29, 0.717) is 0 Å². The van der Waals surface area contributed by atoms with Gasteiger partial charge < -0.3 is 10.5 Å². The van der Waals surface area contributed by atoms with Crippen molar-refractivity contribution in [1.82, 2.24) is 0 Å². The molecule has 80 valence electrons. The van der Waals surface area contributed by atoms with E-state index in [0.717, 1.165) is 19.6 Å². The Morgan fingerprint density at radius 3 is 2.38 bits per heavy atom. The van der Waals surface area contributed by atoms with Gasteiger partial charge in [0.15, 0.2) is 0 Å². The maximum atomic E-state index is 5.85. The fourth-order valence-electron chi connectivity index (χ4n) is 1.36. The molecular formula is C11H25NO. The monoisotopic (exact) mass is 187 g/mol. The molecule has 0 bridgehead atoms. The summed E-state index contributed by atoms with van der Waals surface area (Å²) in [6.45, 7) is 5.75. The molecule has 0 aromatic heterocycles. The van der Waals surface area contributed by atoms with Crippen molar-refractivity contribution in [3.05, 3.63) is 0 Å². The molecule has 0 aliphatic heterocycles. The molecule has 0 saturated carbocycles. The highest BCUT2D eigenvalue weighted by atomic mass is 16.5. The SMILES string of the molecule is CCCCCCCC(N)COCC. The van der Waals surface area contributed by atoms with Crippen LogP contribution in [0.25, 0.3) is 0 Å². The first-order valence-corrected chi connectivity index (χ1v) is 5.64. The zero-order valence-corrected chi connectivity index (χ0v) is 9.22. The second kappa shape index (κ2) is 10.0. The Kier molecular flexibility index (Phi) is 9.94. The highest BCUT2D eigenvalue weighted by molar-refractivity contribution is 4.59. The summed E-state index contributed by atoms with van der Waals surface area (Å²) in [4.78, 5) is 0. The molecule has 0 spiro atoms. The minimum atomic E-state index is 0.251. The lowest BCUT2D eigenvalue weighted by molar-refractivity contribution is 0.130. The van der Waals surface area contributed by atoms with Gasteiger partial charge in [0.2, 0.25) is 0 Å². The first-order chi connectivity index (χ1) is 6.31. The third kappa shape index (κ3) is 9.84. The van der Waals surface area contributed by atoms with E-state index in [4.69, 9.17) is 10.5 Å². The van der Waals surface area contributed by atoms with Crippen molar-refractivity contribution in [2.75, 3.05) is 13.2 Å². The predicted molar refractivity (Wildman–Crippen MR) is 57.8 cm³/mol. The molecule has 0 radical (unpaired) electrons. The molecule has 2 nitrogen and oxygen atoms in total. The van der Waals surface area contributed by atoms with Crippen LogP contribution in [0.5, 0.6) is 0 Å². The van der Waals surface area contributed by atoms with E-state index in [1.165, 1.54) is 32.1 Å². The van der Waals surface area contributed by atoms with Gasteiger partial charge in [0.25, 0.3) is 0 Å². The lowest BCUT2D eigenvalue weighted by Crippen LogP contribution is -2.25. The molecular weight excluding hydrogens is 162 g/mol. The van der Waals surface area contributed by atoms with Crippen molar-refractivity contribution >= 4 is 0 Å². The smallest absolute Gasteiger partial charge is 0.0617 e. The first-order valence-electron chi connectivity index (χ1n) is 5.64. The lowest BCUT2D eigenvalue weighted by atomic mass is 10.1.